The standard InChI is InChI=1S/C28H29F3O4S/c1-3-6-18-10-12-24-20-11-9-17-15-25(32)23(16-22(17)19(20)13-14-27(18,24)2)21-7-4-5-8-26(21)35-36(33,34)28(29,30)31/h4-5,7-8,15,18,20,23-24H,9-14,16H2,1-2H3/t18?,20-,23?,24+,27-/m1/s1. The fourth-order valence-electron chi connectivity index (χ4n) is 7.22. The summed E-state index contributed by atoms with van der Waals surface area (Å²) >= 11 is 0. The molecular weight excluding hydrogens is 489 g/mol. The summed E-state index contributed by atoms with van der Waals surface area (Å²) < 4.78 is 66.8. The topological polar surface area (TPSA) is 60.4 Å². The molecule has 2 fully saturated rings. The van der Waals surface area contributed by atoms with E-state index < -0.39 is 27.3 Å². The molecule has 1 aromatic carbocycles. The van der Waals surface area contributed by atoms with Crippen LogP contribution in [0.4, 0.5) is 13.2 Å². The van der Waals surface area contributed by atoms with E-state index >= 15 is 0 Å². The Balaban J connectivity index is 1.50. The van der Waals surface area contributed by atoms with Crippen LogP contribution >= 0.6 is 0 Å². The summed E-state index contributed by atoms with van der Waals surface area (Å²) in [5.41, 5.74) is -1.68. The van der Waals surface area contributed by atoms with Gasteiger partial charge in [0.1, 0.15) is 5.75 Å². The zero-order valence-electron chi connectivity index (χ0n) is 20.3. The first kappa shape index (κ1) is 25.1. The van der Waals surface area contributed by atoms with Crippen molar-refractivity contribution >= 4 is 15.9 Å². The number of halogens is 3. The van der Waals surface area contributed by atoms with E-state index in [1.807, 2.05) is 6.92 Å². The first-order valence-corrected chi connectivity index (χ1v) is 13.9. The molecule has 1 aromatic rings. The normalized spacial score (nSPS) is 32.0. The van der Waals surface area contributed by atoms with Crippen molar-refractivity contribution in [2.24, 2.45) is 23.2 Å². The largest absolute Gasteiger partial charge is 0.534 e. The molecule has 192 valence electrons. The number of carbonyl (C=O) groups excluding carboxylic acids is 1. The first-order valence-electron chi connectivity index (χ1n) is 12.4. The molecule has 5 atom stereocenters. The molecule has 8 heteroatoms. The van der Waals surface area contributed by atoms with E-state index in [1.54, 1.807) is 12.1 Å². The van der Waals surface area contributed by atoms with Gasteiger partial charge < -0.3 is 4.18 Å². The summed E-state index contributed by atoms with van der Waals surface area (Å²) in [6, 6.07) is 5.63. The van der Waals surface area contributed by atoms with Crippen LogP contribution in [0.1, 0.15) is 70.3 Å². The molecule has 0 heterocycles. The predicted molar refractivity (Wildman–Crippen MR) is 129 cm³/mol. The summed E-state index contributed by atoms with van der Waals surface area (Å²) in [6.45, 7) is 4.26. The van der Waals surface area contributed by atoms with Crippen LogP contribution in [-0.4, -0.2) is 19.7 Å². The molecule has 36 heavy (non-hydrogen) atoms. The molecule has 0 radical (unpaired) electrons. The lowest BCUT2D eigenvalue weighted by Gasteiger charge is -2.48. The number of para-hydroxylation sites is 1. The molecular formula is C28H29F3O4S. The van der Waals surface area contributed by atoms with E-state index in [0.29, 0.717) is 24.2 Å². The number of carbonyl (C=O) groups is 1. The Labute approximate surface area is 210 Å². The molecule has 5 rings (SSSR count). The highest BCUT2D eigenvalue weighted by atomic mass is 32.2. The van der Waals surface area contributed by atoms with Crippen LogP contribution < -0.4 is 4.18 Å². The average molecular weight is 519 g/mol. The van der Waals surface area contributed by atoms with E-state index in [-0.39, 0.29) is 16.8 Å². The molecule has 0 bridgehead atoms. The number of ketones is 1. The minimum Gasteiger partial charge on any atom is -0.376 e. The van der Waals surface area contributed by atoms with Crippen LogP contribution in [0.5, 0.6) is 5.75 Å². The third-order valence-corrected chi connectivity index (χ3v) is 9.91. The van der Waals surface area contributed by atoms with Crippen molar-refractivity contribution in [2.45, 2.75) is 70.2 Å². The third kappa shape index (κ3) is 4.00. The van der Waals surface area contributed by atoms with Crippen molar-refractivity contribution < 1.29 is 30.6 Å². The van der Waals surface area contributed by atoms with Gasteiger partial charge in [-0.05, 0) is 92.4 Å². The maximum Gasteiger partial charge on any atom is 0.534 e. The maximum atomic E-state index is 13.1. The van der Waals surface area contributed by atoms with Crippen molar-refractivity contribution in [1.82, 2.24) is 0 Å². The quantitative estimate of drug-likeness (QED) is 0.262. The highest BCUT2D eigenvalue weighted by Crippen LogP contribution is 2.62. The lowest BCUT2D eigenvalue weighted by atomic mass is 9.55. The van der Waals surface area contributed by atoms with Gasteiger partial charge in [0.15, 0.2) is 5.78 Å². The molecule has 0 saturated heterocycles. The van der Waals surface area contributed by atoms with Crippen LogP contribution in [-0.2, 0) is 14.9 Å². The Bertz CT molecular complexity index is 1330. The van der Waals surface area contributed by atoms with Crippen LogP contribution in [0.2, 0.25) is 0 Å². The Kier molecular flexibility index (Phi) is 6.14. The summed E-state index contributed by atoms with van der Waals surface area (Å²) in [5.74, 6) is 6.44. The average Bonchev–Trinajstić information content (AvgIpc) is 3.14. The van der Waals surface area contributed by atoms with Gasteiger partial charge in [0.2, 0.25) is 0 Å². The van der Waals surface area contributed by atoms with Crippen LogP contribution in [0, 0.1) is 35.0 Å². The van der Waals surface area contributed by atoms with Crippen molar-refractivity contribution in [3.05, 3.63) is 52.6 Å². The third-order valence-electron chi connectivity index (χ3n) is 8.94. The second-order valence-electron chi connectivity index (χ2n) is 10.6. The molecule has 4 aliphatic rings. The number of fused-ring (bicyclic) bond motifs is 4. The van der Waals surface area contributed by atoms with E-state index in [4.69, 9.17) is 0 Å². The van der Waals surface area contributed by atoms with Gasteiger partial charge in [-0.25, -0.2) is 0 Å². The fourth-order valence-corrected chi connectivity index (χ4v) is 7.70. The van der Waals surface area contributed by atoms with Gasteiger partial charge in [-0.1, -0.05) is 36.6 Å². The second-order valence-corrected chi connectivity index (χ2v) is 12.2. The monoisotopic (exact) mass is 518 g/mol. The highest BCUT2D eigenvalue weighted by Gasteiger charge is 2.53. The lowest BCUT2D eigenvalue weighted by molar-refractivity contribution is -0.116. The number of hydrogen-bond donors (Lipinski definition) is 0. The second kappa shape index (κ2) is 8.79. The fraction of sp³-hybridized carbons (Fsp3) is 0.536. The number of allylic oxidation sites excluding steroid dienone is 4. The number of benzene rings is 1. The van der Waals surface area contributed by atoms with Crippen LogP contribution in [0.25, 0.3) is 0 Å². The summed E-state index contributed by atoms with van der Waals surface area (Å²) in [4.78, 5) is 13.1. The van der Waals surface area contributed by atoms with Gasteiger partial charge in [0.05, 0.1) is 5.92 Å². The van der Waals surface area contributed by atoms with Crippen molar-refractivity contribution in [3.63, 3.8) is 0 Å². The zero-order valence-corrected chi connectivity index (χ0v) is 21.1. The molecule has 2 saturated carbocycles. The van der Waals surface area contributed by atoms with Gasteiger partial charge in [-0.3, -0.25) is 4.79 Å². The Morgan fingerprint density at radius 2 is 1.86 bits per heavy atom. The van der Waals surface area contributed by atoms with Gasteiger partial charge in [0.25, 0.3) is 0 Å². The zero-order chi connectivity index (χ0) is 25.9. The first-order chi connectivity index (χ1) is 17.0. The molecule has 2 unspecified atom stereocenters. The predicted octanol–water partition coefficient (Wildman–Crippen LogP) is 6.45. The maximum absolute atomic E-state index is 13.1. The van der Waals surface area contributed by atoms with Crippen molar-refractivity contribution in [1.29, 1.82) is 0 Å². The summed E-state index contributed by atoms with van der Waals surface area (Å²) in [7, 11) is -5.85. The molecule has 4 aliphatic carbocycles. The van der Waals surface area contributed by atoms with Gasteiger partial charge in [0, 0.05) is 11.5 Å². The van der Waals surface area contributed by atoms with Crippen molar-refractivity contribution in [3.8, 4) is 17.6 Å². The van der Waals surface area contributed by atoms with Crippen LogP contribution in [0.15, 0.2) is 47.1 Å². The lowest BCUT2D eigenvalue weighted by Crippen LogP contribution is -2.40. The molecule has 0 amide bonds. The van der Waals surface area contributed by atoms with E-state index in [0.717, 1.165) is 49.7 Å². The Morgan fingerprint density at radius 1 is 1.11 bits per heavy atom. The van der Waals surface area contributed by atoms with Gasteiger partial charge in [-0.2, -0.15) is 21.6 Å². The number of rotatable bonds is 3. The highest BCUT2D eigenvalue weighted by molar-refractivity contribution is 7.88. The SMILES string of the molecule is CC#CC1CC[C@H]2[C@@H]3CCC4=CC(=O)C(c5ccccc5OS(=O)(=O)C(F)(F)F)CC4=C3CC[C@]12C. The van der Waals surface area contributed by atoms with E-state index in [2.05, 4.69) is 22.9 Å². The van der Waals surface area contributed by atoms with Gasteiger partial charge >= 0.3 is 15.6 Å². The van der Waals surface area contributed by atoms with E-state index in [9.17, 15) is 26.4 Å². The van der Waals surface area contributed by atoms with Crippen molar-refractivity contribution in [2.75, 3.05) is 0 Å². The van der Waals surface area contributed by atoms with Gasteiger partial charge in [-0.15, -0.1) is 5.92 Å². The molecule has 0 aromatic heterocycles. The number of hydrogen-bond acceptors (Lipinski definition) is 4. The molecule has 0 aliphatic heterocycles. The molecule has 4 nitrogen and oxygen atoms in total. The summed E-state index contributed by atoms with van der Waals surface area (Å²) in [6.07, 6.45) is 7.96. The smallest absolute Gasteiger partial charge is 0.376 e. The van der Waals surface area contributed by atoms with E-state index in [1.165, 1.54) is 23.8 Å². The summed E-state index contributed by atoms with van der Waals surface area (Å²) in [5, 5.41) is 0. The molecule has 0 spiro atoms. The minimum atomic E-state index is -5.85. The Hall–Kier alpha value is -2.53. The Morgan fingerprint density at radius 3 is 2.58 bits per heavy atom. The number of alkyl halides is 3. The minimum absolute atomic E-state index is 0.167. The molecule has 0 N–H and O–H groups in total. The van der Waals surface area contributed by atoms with Crippen LogP contribution in [0.3, 0.4) is 0 Å².